The van der Waals surface area contributed by atoms with E-state index < -0.39 is 5.60 Å². The summed E-state index contributed by atoms with van der Waals surface area (Å²) >= 11 is 0. The second kappa shape index (κ2) is 6.06. The van der Waals surface area contributed by atoms with Gasteiger partial charge in [0.25, 0.3) is 0 Å². The fourth-order valence-corrected chi connectivity index (χ4v) is 3.84. The number of nitrogens with zero attached hydrogens (tertiary/aromatic N) is 2. The quantitative estimate of drug-likeness (QED) is 0.690. The summed E-state index contributed by atoms with van der Waals surface area (Å²) in [5.41, 5.74) is 1.62. The number of carbonyl (C=O) groups is 2. The normalized spacial score (nSPS) is 23.8. The van der Waals surface area contributed by atoms with Gasteiger partial charge in [-0.3, -0.25) is 4.79 Å². The Kier molecular flexibility index (Phi) is 4.36. The highest BCUT2D eigenvalue weighted by Gasteiger charge is 2.47. The minimum atomic E-state index is -0.481. The van der Waals surface area contributed by atoms with Gasteiger partial charge in [0.05, 0.1) is 18.6 Å². The van der Waals surface area contributed by atoms with Gasteiger partial charge < -0.3 is 19.3 Å². The fourth-order valence-electron chi connectivity index (χ4n) is 3.84. The summed E-state index contributed by atoms with van der Waals surface area (Å²) in [6.07, 6.45) is 1.69. The van der Waals surface area contributed by atoms with Crippen LogP contribution in [0.3, 0.4) is 0 Å². The lowest BCUT2D eigenvalue weighted by Gasteiger charge is -2.41. The molecule has 2 amide bonds. The van der Waals surface area contributed by atoms with Gasteiger partial charge in [0, 0.05) is 26.2 Å². The SMILES string of the molecule is CCN1CC2=C(CC1=O)C1(CCN(C(=O)OC(C)(C)C)CC1)OC2. The van der Waals surface area contributed by atoms with Crippen LogP contribution in [0.15, 0.2) is 11.1 Å². The number of piperidine rings is 1. The standard InChI is InChI=1S/C18H28N2O4/c1-5-19-11-13-12-23-18(14(13)10-15(19)21)6-8-20(9-7-18)16(22)24-17(2,3)4/h5-12H2,1-4H3. The summed E-state index contributed by atoms with van der Waals surface area (Å²) in [6.45, 7) is 10.9. The van der Waals surface area contributed by atoms with Gasteiger partial charge in [-0.05, 0) is 51.7 Å². The van der Waals surface area contributed by atoms with Crippen molar-refractivity contribution in [1.82, 2.24) is 9.80 Å². The first-order valence-corrected chi connectivity index (χ1v) is 8.85. The van der Waals surface area contributed by atoms with Gasteiger partial charge in [-0.1, -0.05) is 0 Å². The highest BCUT2D eigenvalue weighted by molar-refractivity contribution is 5.81. The maximum Gasteiger partial charge on any atom is 0.410 e. The third kappa shape index (κ3) is 3.16. The molecule has 3 heterocycles. The smallest absolute Gasteiger partial charge is 0.410 e. The van der Waals surface area contributed by atoms with E-state index in [9.17, 15) is 9.59 Å². The lowest BCUT2D eigenvalue weighted by atomic mass is 9.80. The Labute approximate surface area is 143 Å². The Morgan fingerprint density at radius 2 is 1.96 bits per heavy atom. The van der Waals surface area contributed by atoms with E-state index in [1.807, 2.05) is 32.6 Å². The predicted octanol–water partition coefficient (Wildman–Crippen LogP) is 2.34. The number of hydrogen-bond acceptors (Lipinski definition) is 4. The van der Waals surface area contributed by atoms with Crippen LogP contribution in [0.4, 0.5) is 4.79 Å². The molecule has 134 valence electrons. The zero-order valence-electron chi connectivity index (χ0n) is 15.2. The highest BCUT2D eigenvalue weighted by Crippen LogP contribution is 2.44. The average Bonchev–Trinajstić information content (AvgIpc) is 2.83. The van der Waals surface area contributed by atoms with Crippen LogP contribution in [0.25, 0.3) is 0 Å². The number of ether oxygens (including phenoxy) is 2. The number of fused-ring (bicyclic) bond motifs is 1. The molecule has 6 nitrogen and oxygen atoms in total. The van der Waals surface area contributed by atoms with E-state index in [-0.39, 0.29) is 17.6 Å². The Balaban J connectivity index is 1.67. The molecule has 6 heteroatoms. The van der Waals surface area contributed by atoms with Gasteiger partial charge in [-0.15, -0.1) is 0 Å². The molecule has 1 saturated heterocycles. The summed E-state index contributed by atoms with van der Waals surface area (Å²) in [4.78, 5) is 28.1. The zero-order valence-corrected chi connectivity index (χ0v) is 15.2. The Hall–Kier alpha value is -1.56. The first-order chi connectivity index (χ1) is 11.2. The molecule has 0 saturated carbocycles. The predicted molar refractivity (Wildman–Crippen MR) is 89.6 cm³/mol. The second-order valence-electron chi connectivity index (χ2n) is 7.92. The molecule has 0 aromatic rings. The monoisotopic (exact) mass is 336 g/mol. The summed E-state index contributed by atoms with van der Waals surface area (Å²) in [6, 6.07) is 0. The Morgan fingerprint density at radius 3 is 2.54 bits per heavy atom. The number of carbonyl (C=O) groups excluding carboxylic acids is 2. The Bertz CT molecular complexity index is 568. The average molecular weight is 336 g/mol. The molecule has 3 aliphatic heterocycles. The van der Waals surface area contributed by atoms with Crippen LogP contribution >= 0.6 is 0 Å². The van der Waals surface area contributed by atoms with E-state index in [0.717, 1.165) is 19.4 Å². The van der Waals surface area contributed by atoms with Crippen molar-refractivity contribution in [3.8, 4) is 0 Å². The van der Waals surface area contributed by atoms with Crippen molar-refractivity contribution < 1.29 is 19.1 Å². The van der Waals surface area contributed by atoms with E-state index in [2.05, 4.69) is 0 Å². The molecule has 0 atom stereocenters. The molecule has 1 spiro atoms. The molecular weight excluding hydrogens is 308 g/mol. The zero-order chi connectivity index (χ0) is 17.5. The molecule has 0 aromatic carbocycles. The number of amides is 2. The van der Waals surface area contributed by atoms with E-state index >= 15 is 0 Å². The first-order valence-electron chi connectivity index (χ1n) is 8.85. The van der Waals surface area contributed by atoms with E-state index in [1.54, 1.807) is 4.90 Å². The number of likely N-dealkylation sites (tertiary alicyclic amines) is 1. The van der Waals surface area contributed by atoms with Crippen LogP contribution in [0.2, 0.25) is 0 Å². The lowest BCUT2D eigenvalue weighted by Crippen LogP contribution is -2.50. The molecule has 24 heavy (non-hydrogen) atoms. The van der Waals surface area contributed by atoms with Crippen LogP contribution < -0.4 is 0 Å². The van der Waals surface area contributed by atoms with Gasteiger partial charge >= 0.3 is 6.09 Å². The Morgan fingerprint density at radius 1 is 1.29 bits per heavy atom. The van der Waals surface area contributed by atoms with Gasteiger partial charge in [-0.25, -0.2) is 4.79 Å². The molecule has 0 aliphatic carbocycles. The van der Waals surface area contributed by atoms with Crippen LogP contribution in [-0.4, -0.2) is 65.8 Å². The number of rotatable bonds is 1. The van der Waals surface area contributed by atoms with Gasteiger partial charge in [0.2, 0.25) is 5.91 Å². The third-order valence-corrected chi connectivity index (χ3v) is 5.17. The minimum Gasteiger partial charge on any atom is -0.444 e. The fraction of sp³-hybridized carbons (Fsp3) is 0.778. The number of hydrogen-bond donors (Lipinski definition) is 0. The van der Waals surface area contributed by atoms with Crippen molar-refractivity contribution in [3.05, 3.63) is 11.1 Å². The second-order valence-corrected chi connectivity index (χ2v) is 7.92. The van der Waals surface area contributed by atoms with Crippen LogP contribution in [0.1, 0.15) is 47.0 Å². The molecule has 0 radical (unpaired) electrons. The van der Waals surface area contributed by atoms with Gasteiger partial charge in [-0.2, -0.15) is 0 Å². The highest BCUT2D eigenvalue weighted by atomic mass is 16.6. The molecule has 0 bridgehead atoms. The molecule has 0 aromatic heterocycles. The summed E-state index contributed by atoms with van der Waals surface area (Å²) in [5, 5.41) is 0. The maximum absolute atomic E-state index is 12.3. The minimum absolute atomic E-state index is 0.190. The molecular formula is C18H28N2O4. The van der Waals surface area contributed by atoms with Crippen LogP contribution in [0.5, 0.6) is 0 Å². The maximum atomic E-state index is 12.3. The van der Waals surface area contributed by atoms with Crippen molar-refractivity contribution in [3.63, 3.8) is 0 Å². The van der Waals surface area contributed by atoms with Crippen LogP contribution in [0, 0.1) is 0 Å². The van der Waals surface area contributed by atoms with Crippen molar-refractivity contribution in [2.75, 3.05) is 32.8 Å². The van der Waals surface area contributed by atoms with Crippen molar-refractivity contribution in [2.24, 2.45) is 0 Å². The molecule has 0 unspecified atom stereocenters. The van der Waals surface area contributed by atoms with Gasteiger partial charge in [0.15, 0.2) is 0 Å². The summed E-state index contributed by atoms with van der Waals surface area (Å²) < 4.78 is 11.6. The van der Waals surface area contributed by atoms with Gasteiger partial charge in [0.1, 0.15) is 5.60 Å². The van der Waals surface area contributed by atoms with Crippen LogP contribution in [-0.2, 0) is 14.3 Å². The van der Waals surface area contributed by atoms with Crippen molar-refractivity contribution >= 4 is 12.0 Å². The topological polar surface area (TPSA) is 59.1 Å². The summed E-state index contributed by atoms with van der Waals surface area (Å²) in [5.74, 6) is 0.190. The van der Waals surface area contributed by atoms with Crippen molar-refractivity contribution in [2.45, 2.75) is 58.2 Å². The number of likely N-dealkylation sites (N-methyl/N-ethyl adjacent to an activating group) is 1. The molecule has 3 aliphatic rings. The van der Waals surface area contributed by atoms with E-state index in [4.69, 9.17) is 9.47 Å². The summed E-state index contributed by atoms with van der Waals surface area (Å²) in [7, 11) is 0. The van der Waals surface area contributed by atoms with E-state index in [0.29, 0.717) is 32.7 Å². The first kappa shape index (κ1) is 17.3. The molecule has 3 rings (SSSR count). The van der Waals surface area contributed by atoms with Crippen molar-refractivity contribution in [1.29, 1.82) is 0 Å². The third-order valence-electron chi connectivity index (χ3n) is 5.17. The van der Waals surface area contributed by atoms with E-state index in [1.165, 1.54) is 11.1 Å². The molecule has 0 N–H and O–H groups in total. The molecule has 1 fully saturated rings. The lowest BCUT2D eigenvalue weighted by molar-refractivity contribution is -0.131. The largest absolute Gasteiger partial charge is 0.444 e.